The number of furan rings is 1. The maximum Gasteiger partial charge on any atom is 0.196 e. The van der Waals surface area contributed by atoms with Gasteiger partial charge >= 0.3 is 0 Å². The van der Waals surface area contributed by atoms with E-state index in [0.29, 0.717) is 5.76 Å². The van der Waals surface area contributed by atoms with Gasteiger partial charge in [-0.1, -0.05) is 0 Å². The van der Waals surface area contributed by atoms with E-state index < -0.39 is 0 Å². The van der Waals surface area contributed by atoms with Crippen molar-refractivity contribution in [2.24, 2.45) is 0 Å². The number of hydrogen-bond acceptors (Lipinski definition) is 4. The van der Waals surface area contributed by atoms with Crippen molar-refractivity contribution in [1.82, 2.24) is 0 Å². The van der Waals surface area contributed by atoms with E-state index in [4.69, 9.17) is 9.15 Å². The van der Waals surface area contributed by atoms with Crippen LogP contribution in [0.1, 0.15) is 36.7 Å². The Labute approximate surface area is 102 Å². The van der Waals surface area contributed by atoms with E-state index in [0.717, 1.165) is 31.9 Å². The molecule has 0 aliphatic carbocycles. The molecule has 0 saturated carbocycles. The molecule has 1 unspecified atom stereocenters. The predicted molar refractivity (Wildman–Crippen MR) is 65.6 cm³/mol. The molecule has 0 bridgehead atoms. The van der Waals surface area contributed by atoms with Crippen molar-refractivity contribution in [2.45, 2.75) is 32.3 Å². The van der Waals surface area contributed by atoms with Gasteiger partial charge in [-0.05, 0) is 25.3 Å². The van der Waals surface area contributed by atoms with E-state index in [-0.39, 0.29) is 11.9 Å². The Hall–Kier alpha value is -1.29. The van der Waals surface area contributed by atoms with Gasteiger partial charge in [0, 0.05) is 33.2 Å². The molecule has 4 nitrogen and oxygen atoms in total. The largest absolute Gasteiger partial charge is 0.437 e. The van der Waals surface area contributed by atoms with Crippen LogP contribution in [0, 0.1) is 0 Å². The molecule has 1 fully saturated rings. The second-order valence-corrected chi connectivity index (χ2v) is 4.56. The van der Waals surface area contributed by atoms with Crippen molar-refractivity contribution in [1.29, 1.82) is 0 Å². The molecule has 0 N–H and O–H groups in total. The van der Waals surface area contributed by atoms with Gasteiger partial charge in [0.25, 0.3) is 0 Å². The number of nitrogens with zero attached hydrogens (tertiary/aromatic N) is 1. The molecule has 0 amide bonds. The van der Waals surface area contributed by atoms with Crippen LogP contribution in [0.25, 0.3) is 0 Å². The second-order valence-electron chi connectivity index (χ2n) is 4.56. The Balaban J connectivity index is 1.93. The zero-order chi connectivity index (χ0) is 12.3. The first kappa shape index (κ1) is 12.2. The summed E-state index contributed by atoms with van der Waals surface area (Å²) in [6.45, 7) is 3.17. The highest BCUT2D eigenvalue weighted by Gasteiger charge is 2.18. The molecule has 1 aromatic rings. The molecule has 94 valence electrons. The second kappa shape index (κ2) is 5.36. The summed E-state index contributed by atoms with van der Waals surface area (Å²) in [5.74, 6) is 1.10. The summed E-state index contributed by atoms with van der Waals surface area (Å²) in [7, 11) is 1.96. The van der Waals surface area contributed by atoms with Crippen LogP contribution in [0.15, 0.2) is 16.5 Å². The van der Waals surface area contributed by atoms with Gasteiger partial charge in [-0.3, -0.25) is 4.79 Å². The third-order valence-corrected chi connectivity index (χ3v) is 3.07. The topological polar surface area (TPSA) is 42.7 Å². The summed E-state index contributed by atoms with van der Waals surface area (Å²) in [5, 5.41) is 0. The molecule has 1 aliphatic heterocycles. The molecule has 1 aromatic heterocycles. The van der Waals surface area contributed by atoms with Crippen LogP contribution in [0.2, 0.25) is 0 Å². The minimum atomic E-state index is -0.0430. The van der Waals surface area contributed by atoms with Crippen molar-refractivity contribution in [3.05, 3.63) is 17.9 Å². The minimum Gasteiger partial charge on any atom is -0.437 e. The van der Waals surface area contributed by atoms with Crippen molar-refractivity contribution in [3.8, 4) is 0 Å². The minimum absolute atomic E-state index is 0.0430. The van der Waals surface area contributed by atoms with Crippen LogP contribution in [0.4, 0.5) is 5.88 Å². The first-order chi connectivity index (χ1) is 8.16. The van der Waals surface area contributed by atoms with Gasteiger partial charge in [-0.25, -0.2) is 0 Å². The summed E-state index contributed by atoms with van der Waals surface area (Å²) in [6, 6.07) is 3.55. The Morgan fingerprint density at radius 1 is 1.47 bits per heavy atom. The maximum atomic E-state index is 11.1. The highest BCUT2D eigenvalue weighted by molar-refractivity contribution is 5.91. The monoisotopic (exact) mass is 237 g/mol. The summed E-state index contributed by atoms with van der Waals surface area (Å²) in [5.41, 5.74) is 0. The van der Waals surface area contributed by atoms with Gasteiger partial charge in [-0.15, -0.1) is 0 Å². The number of carbonyl (C=O) groups is 1. The number of hydrogen-bond donors (Lipinski definition) is 0. The SMILES string of the molecule is CC(=O)c1ccc(N(C)CC2CCCCO2)o1. The molecule has 4 heteroatoms. The van der Waals surface area contributed by atoms with Gasteiger partial charge in [-0.2, -0.15) is 0 Å². The average Bonchev–Trinajstić information content (AvgIpc) is 2.79. The van der Waals surface area contributed by atoms with E-state index in [1.807, 2.05) is 18.0 Å². The number of likely N-dealkylation sites (N-methyl/N-ethyl adjacent to an activating group) is 1. The summed E-state index contributed by atoms with van der Waals surface area (Å²) >= 11 is 0. The van der Waals surface area contributed by atoms with Crippen molar-refractivity contribution < 1.29 is 13.9 Å². The van der Waals surface area contributed by atoms with Gasteiger partial charge in [0.1, 0.15) is 0 Å². The highest BCUT2D eigenvalue weighted by atomic mass is 16.5. The lowest BCUT2D eigenvalue weighted by Crippen LogP contribution is -2.33. The standard InChI is InChI=1S/C13H19NO3/c1-10(15)12-6-7-13(17-12)14(2)9-11-5-3-4-8-16-11/h6-7,11H,3-5,8-9H2,1-2H3. The van der Waals surface area contributed by atoms with Gasteiger partial charge in [0.05, 0.1) is 6.10 Å². The summed E-state index contributed by atoms with van der Waals surface area (Å²) in [4.78, 5) is 13.1. The van der Waals surface area contributed by atoms with E-state index in [2.05, 4.69) is 0 Å². The highest BCUT2D eigenvalue weighted by Crippen LogP contribution is 2.20. The number of ether oxygens (including phenoxy) is 1. The molecule has 1 saturated heterocycles. The molecule has 2 heterocycles. The first-order valence-corrected chi connectivity index (χ1v) is 6.10. The van der Waals surface area contributed by atoms with E-state index in [1.54, 1.807) is 6.07 Å². The number of rotatable bonds is 4. The fourth-order valence-electron chi connectivity index (χ4n) is 2.07. The Morgan fingerprint density at radius 3 is 2.88 bits per heavy atom. The molecule has 1 atom stereocenters. The zero-order valence-corrected chi connectivity index (χ0v) is 10.4. The van der Waals surface area contributed by atoms with Crippen LogP contribution in [-0.2, 0) is 4.74 Å². The first-order valence-electron chi connectivity index (χ1n) is 6.10. The van der Waals surface area contributed by atoms with Gasteiger partial charge in [0.15, 0.2) is 17.4 Å². The van der Waals surface area contributed by atoms with Gasteiger partial charge < -0.3 is 14.1 Å². The van der Waals surface area contributed by atoms with Crippen LogP contribution < -0.4 is 4.90 Å². The average molecular weight is 237 g/mol. The van der Waals surface area contributed by atoms with Gasteiger partial charge in [0.2, 0.25) is 0 Å². The Morgan fingerprint density at radius 2 is 2.29 bits per heavy atom. The fourth-order valence-corrected chi connectivity index (χ4v) is 2.07. The number of ketones is 1. The molecule has 0 spiro atoms. The molecule has 17 heavy (non-hydrogen) atoms. The lowest BCUT2D eigenvalue weighted by molar-refractivity contribution is 0.0212. The lowest BCUT2D eigenvalue weighted by atomic mass is 10.1. The van der Waals surface area contributed by atoms with Crippen LogP contribution >= 0.6 is 0 Å². The number of carbonyl (C=O) groups excluding carboxylic acids is 1. The molecular weight excluding hydrogens is 218 g/mol. The van der Waals surface area contributed by atoms with E-state index >= 15 is 0 Å². The molecule has 1 aliphatic rings. The Bertz CT molecular complexity index is 380. The molecular formula is C13H19NO3. The smallest absolute Gasteiger partial charge is 0.196 e. The number of anilines is 1. The fraction of sp³-hybridized carbons (Fsp3) is 0.615. The van der Waals surface area contributed by atoms with E-state index in [1.165, 1.54) is 13.3 Å². The summed E-state index contributed by atoms with van der Waals surface area (Å²) in [6.07, 6.45) is 3.77. The molecule has 0 aromatic carbocycles. The number of Topliss-reactive ketones (excluding diaryl/α,β-unsaturated/α-hetero) is 1. The maximum absolute atomic E-state index is 11.1. The third kappa shape index (κ3) is 3.09. The third-order valence-electron chi connectivity index (χ3n) is 3.07. The zero-order valence-electron chi connectivity index (χ0n) is 10.4. The van der Waals surface area contributed by atoms with Crippen LogP contribution in [0.3, 0.4) is 0 Å². The van der Waals surface area contributed by atoms with Crippen LogP contribution in [0.5, 0.6) is 0 Å². The Kier molecular flexibility index (Phi) is 3.84. The summed E-state index contributed by atoms with van der Waals surface area (Å²) < 4.78 is 11.1. The predicted octanol–water partition coefficient (Wildman–Crippen LogP) is 2.49. The van der Waals surface area contributed by atoms with E-state index in [9.17, 15) is 4.79 Å². The quantitative estimate of drug-likeness (QED) is 0.754. The van der Waals surface area contributed by atoms with Crippen molar-refractivity contribution in [3.63, 3.8) is 0 Å². The van der Waals surface area contributed by atoms with Crippen molar-refractivity contribution >= 4 is 11.7 Å². The molecule has 2 rings (SSSR count). The molecule has 0 radical (unpaired) electrons. The van der Waals surface area contributed by atoms with Crippen LogP contribution in [-0.4, -0.2) is 32.1 Å². The van der Waals surface area contributed by atoms with Crippen molar-refractivity contribution in [2.75, 3.05) is 25.1 Å². The lowest BCUT2D eigenvalue weighted by Gasteiger charge is -2.27. The normalized spacial score (nSPS) is 20.2.